The lowest BCUT2D eigenvalue weighted by Crippen LogP contribution is -2.11. The first-order valence-corrected chi connectivity index (χ1v) is 10.0. The third-order valence-electron chi connectivity index (χ3n) is 4.42. The van der Waals surface area contributed by atoms with Crippen molar-refractivity contribution in [3.63, 3.8) is 0 Å². The molecular weight excluding hydrogens is 449 g/mol. The molecule has 0 N–H and O–H groups in total. The van der Waals surface area contributed by atoms with Crippen LogP contribution in [0.2, 0.25) is 15.1 Å². The normalized spacial score (nSPS) is 12.2. The average Bonchev–Trinajstić information content (AvgIpc) is 3.18. The fourth-order valence-electron chi connectivity index (χ4n) is 2.96. The number of para-hydroxylation sites is 1. The molecule has 4 aromatic rings. The molecule has 1 atom stereocenters. The fourth-order valence-corrected chi connectivity index (χ4v) is 3.59. The predicted molar refractivity (Wildman–Crippen MR) is 115 cm³/mol. The van der Waals surface area contributed by atoms with Crippen molar-refractivity contribution in [3.8, 4) is 11.3 Å². The molecule has 6 nitrogen and oxygen atoms in total. The van der Waals surface area contributed by atoms with Crippen LogP contribution in [0.25, 0.3) is 22.2 Å². The van der Waals surface area contributed by atoms with Crippen LogP contribution in [0.5, 0.6) is 0 Å². The van der Waals surface area contributed by atoms with Crippen LogP contribution in [-0.4, -0.2) is 21.2 Å². The molecule has 0 aliphatic heterocycles. The Morgan fingerprint density at radius 1 is 1.07 bits per heavy atom. The van der Waals surface area contributed by atoms with Gasteiger partial charge in [-0.3, -0.25) is 0 Å². The van der Waals surface area contributed by atoms with Crippen molar-refractivity contribution in [2.24, 2.45) is 0 Å². The standard InChI is InChI=1S/C21H14Cl3N3O3/c1-10(20-27-26-11(2)30-20)29-21(28)14-9-17(25-16-6-4-3-5-12(14)16)13-7-8-15(22)19(24)18(13)23/h3-10H,1-2H3. The van der Waals surface area contributed by atoms with Gasteiger partial charge in [-0.05, 0) is 31.2 Å². The zero-order valence-corrected chi connectivity index (χ0v) is 18.1. The first-order chi connectivity index (χ1) is 14.3. The summed E-state index contributed by atoms with van der Waals surface area (Å²) in [5.74, 6) is 0.0418. The Labute approximate surface area is 186 Å². The SMILES string of the molecule is Cc1nnc(C(C)OC(=O)c2cc(-c3ccc(Cl)c(Cl)c3Cl)nc3ccccc23)o1. The molecule has 4 rings (SSSR count). The number of aryl methyl sites for hydroxylation is 1. The summed E-state index contributed by atoms with van der Waals surface area (Å²) in [5.41, 5.74) is 1.93. The average molecular weight is 463 g/mol. The molecule has 30 heavy (non-hydrogen) atoms. The summed E-state index contributed by atoms with van der Waals surface area (Å²) >= 11 is 18.6. The first-order valence-electron chi connectivity index (χ1n) is 8.89. The lowest BCUT2D eigenvalue weighted by molar-refractivity contribution is 0.0279. The monoisotopic (exact) mass is 461 g/mol. The number of benzene rings is 2. The largest absolute Gasteiger partial charge is 0.449 e. The molecule has 2 aromatic carbocycles. The molecule has 0 aliphatic carbocycles. The van der Waals surface area contributed by atoms with Crippen LogP contribution in [0, 0.1) is 6.92 Å². The van der Waals surface area contributed by atoms with Gasteiger partial charge in [0.1, 0.15) is 0 Å². The number of ether oxygens (including phenoxy) is 1. The first kappa shape index (κ1) is 20.6. The van der Waals surface area contributed by atoms with Crippen LogP contribution in [0.3, 0.4) is 0 Å². The van der Waals surface area contributed by atoms with E-state index in [9.17, 15) is 4.79 Å². The third-order valence-corrected chi connectivity index (χ3v) is 5.71. The molecule has 0 radical (unpaired) electrons. The highest BCUT2D eigenvalue weighted by molar-refractivity contribution is 6.49. The molecule has 0 spiro atoms. The highest BCUT2D eigenvalue weighted by atomic mass is 35.5. The summed E-state index contributed by atoms with van der Waals surface area (Å²) < 4.78 is 10.9. The van der Waals surface area contributed by atoms with Gasteiger partial charge in [0, 0.05) is 17.9 Å². The van der Waals surface area contributed by atoms with E-state index in [-0.39, 0.29) is 15.9 Å². The number of hydrogen-bond donors (Lipinski definition) is 0. The van der Waals surface area contributed by atoms with E-state index in [0.717, 1.165) is 0 Å². The van der Waals surface area contributed by atoms with Crippen molar-refractivity contribution in [2.75, 3.05) is 0 Å². The van der Waals surface area contributed by atoms with Crippen molar-refractivity contribution in [3.05, 3.63) is 74.9 Å². The van der Waals surface area contributed by atoms with Crippen molar-refractivity contribution in [1.29, 1.82) is 0 Å². The van der Waals surface area contributed by atoms with Crippen LogP contribution in [0.4, 0.5) is 0 Å². The van der Waals surface area contributed by atoms with Gasteiger partial charge >= 0.3 is 5.97 Å². The zero-order valence-electron chi connectivity index (χ0n) is 15.8. The Morgan fingerprint density at radius 2 is 1.83 bits per heavy atom. The van der Waals surface area contributed by atoms with Crippen molar-refractivity contribution >= 4 is 51.7 Å². The highest BCUT2D eigenvalue weighted by Crippen LogP contribution is 2.38. The van der Waals surface area contributed by atoms with Crippen molar-refractivity contribution in [2.45, 2.75) is 20.0 Å². The van der Waals surface area contributed by atoms with E-state index >= 15 is 0 Å². The second kappa shape index (κ2) is 8.22. The predicted octanol–water partition coefficient (Wildman–Crippen LogP) is 6.47. The van der Waals surface area contributed by atoms with Gasteiger partial charge in [0.05, 0.1) is 31.8 Å². The van der Waals surface area contributed by atoms with Gasteiger partial charge in [0.25, 0.3) is 5.89 Å². The number of pyridine rings is 1. The van der Waals surface area contributed by atoms with Gasteiger partial charge in [0.15, 0.2) is 6.10 Å². The number of esters is 1. The second-order valence-corrected chi connectivity index (χ2v) is 7.67. The molecule has 0 fully saturated rings. The molecule has 0 saturated heterocycles. The van der Waals surface area contributed by atoms with E-state index in [2.05, 4.69) is 15.2 Å². The van der Waals surface area contributed by atoms with Gasteiger partial charge in [-0.25, -0.2) is 9.78 Å². The Balaban J connectivity index is 1.79. The number of rotatable bonds is 4. The number of halogens is 3. The summed E-state index contributed by atoms with van der Waals surface area (Å²) in [5, 5.41) is 9.09. The van der Waals surface area contributed by atoms with Crippen LogP contribution < -0.4 is 0 Å². The van der Waals surface area contributed by atoms with Crippen molar-refractivity contribution < 1.29 is 13.9 Å². The summed E-state index contributed by atoms with van der Waals surface area (Å²) in [6, 6.07) is 12.2. The smallest absolute Gasteiger partial charge is 0.339 e. The summed E-state index contributed by atoms with van der Waals surface area (Å²) in [6.07, 6.45) is -0.720. The number of hydrogen-bond acceptors (Lipinski definition) is 6. The molecule has 0 amide bonds. The minimum atomic E-state index is -0.720. The molecule has 0 aliphatic rings. The Hall–Kier alpha value is -2.67. The molecule has 2 heterocycles. The topological polar surface area (TPSA) is 78.1 Å². The Bertz CT molecular complexity index is 1270. The number of carbonyl (C=O) groups is 1. The minimum Gasteiger partial charge on any atom is -0.449 e. The van der Waals surface area contributed by atoms with Crippen LogP contribution in [-0.2, 0) is 4.74 Å². The summed E-state index contributed by atoms with van der Waals surface area (Å²) in [7, 11) is 0. The molecule has 9 heteroatoms. The quantitative estimate of drug-likeness (QED) is 0.255. The fraction of sp³-hybridized carbons (Fsp3) is 0.143. The third kappa shape index (κ3) is 3.86. The number of carbonyl (C=O) groups excluding carboxylic acids is 1. The molecule has 1 unspecified atom stereocenters. The van der Waals surface area contributed by atoms with Gasteiger partial charge in [-0.15, -0.1) is 10.2 Å². The minimum absolute atomic E-state index is 0.215. The summed E-state index contributed by atoms with van der Waals surface area (Å²) in [6.45, 7) is 3.32. The van der Waals surface area contributed by atoms with Crippen molar-refractivity contribution in [1.82, 2.24) is 15.2 Å². The number of fused-ring (bicyclic) bond motifs is 1. The van der Waals surface area contributed by atoms with E-state index in [1.54, 1.807) is 44.2 Å². The number of aromatic nitrogens is 3. The van der Waals surface area contributed by atoms with E-state index in [0.29, 0.717) is 38.6 Å². The molecule has 0 saturated carbocycles. The van der Waals surface area contributed by atoms with Crippen LogP contribution in [0.15, 0.2) is 46.9 Å². The van der Waals surface area contributed by atoms with E-state index in [1.807, 2.05) is 12.1 Å². The maximum atomic E-state index is 13.0. The van der Waals surface area contributed by atoms with Crippen LogP contribution in [0.1, 0.15) is 35.2 Å². The molecule has 152 valence electrons. The maximum Gasteiger partial charge on any atom is 0.339 e. The lowest BCUT2D eigenvalue weighted by Gasteiger charge is -2.13. The van der Waals surface area contributed by atoms with E-state index in [1.165, 1.54) is 0 Å². The molecule has 0 bridgehead atoms. The Morgan fingerprint density at radius 3 is 2.57 bits per heavy atom. The van der Waals surface area contributed by atoms with Gasteiger partial charge in [0.2, 0.25) is 5.89 Å². The van der Waals surface area contributed by atoms with Crippen LogP contribution >= 0.6 is 34.8 Å². The maximum absolute atomic E-state index is 13.0. The van der Waals surface area contributed by atoms with Gasteiger partial charge in [-0.2, -0.15) is 0 Å². The zero-order chi connectivity index (χ0) is 21.4. The Kier molecular flexibility index (Phi) is 5.64. The van der Waals surface area contributed by atoms with Gasteiger partial charge < -0.3 is 9.15 Å². The van der Waals surface area contributed by atoms with Gasteiger partial charge in [-0.1, -0.05) is 53.0 Å². The molecule has 2 aromatic heterocycles. The molecular formula is C21H14Cl3N3O3. The van der Waals surface area contributed by atoms with E-state index < -0.39 is 12.1 Å². The van der Waals surface area contributed by atoms with E-state index in [4.69, 9.17) is 44.0 Å². The number of nitrogens with zero attached hydrogens (tertiary/aromatic N) is 3. The second-order valence-electron chi connectivity index (χ2n) is 6.50. The highest BCUT2D eigenvalue weighted by Gasteiger charge is 2.22. The lowest BCUT2D eigenvalue weighted by atomic mass is 10.0. The summed E-state index contributed by atoms with van der Waals surface area (Å²) in [4.78, 5) is 17.6.